The molecule has 0 radical (unpaired) electrons. The maximum atomic E-state index is 13.4. The van der Waals surface area contributed by atoms with E-state index in [1.807, 2.05) is 62.5 Å². The van der Waals surface area contributed by atoms with Crippen molar-refractivity contribution in [3.63, 3.8) is 0 Å². The average Bonchev–Trinajstić information content (AvgIpc) is 2.76. The molecule has 0 spiro atoms. The summed E-state index contributed by atoms with van der Waals surface area (Å²) in [5, 5.41) is 2.78. The van der Waals surface area contributed by atoms with Gasteiger partial charge in [-0.2, -0.15) is 0 Å². The van der Waals surface area contributed by atoms with E-state index in [0.29, 0.717) is 13.1 Å². The zero-order chi connectivity index (χ0) is 19.4. The van der Waals surface area contributed by atoms with Gasteiger partial charge in [0.25, 0.3) is 5.91 Å². The molecule has 150 valence electrons. The molecule has 2 aromatic rings. The summed E-state index contributed by atoms with van der Waals surface area (Å²) in [7, 11) is 1.85. The number of ether oxygens (including phenoxy) is 1. The lowest BCUT2D eigenvalue weighted by Gasteiger charge is -2.27. The molecule has 3 rings (SSSR count). The first-order valence-corrected chi connectivity index (χ1v) is 9.84. The molecule has 0 bridgehead atoms. The second-order valence-corrected chi connectivity index (χ2v) is 7.72. The summed E-state index contributed by atoms with van der Waals surface area (Å²) in [5.74, 6) is -0.644. The third kappa shape index (κ3) is 4.96. The quantitative estimate of drug-likeness (QED) is 0.679. The minimum Gasteiger partial charge on any atom is -0.451 e. The lowest BCUT2D eigenvalue weighted by atomic mass is 10.0. The van der Waals surface area contributed by atoms with E-state index in [1.165, 1.54) is 6.92 Å². The predicted molar refractivity (Wildman–Crippen MR) is 118 cm³/mol. The van der Waals surface area contributed by atoms with E-state index in [-0.39, 0.29) is 28.1 Å². The highest BCUT2D eigenvalue weighted by molar-refractivity contribution is 8.93. The molecule has 2 unspecified atom stereocenters. The molecule has 2 atom stereocenters. The Balaban J connectivity index is 0.00000280. The fourth-order valence-electron chi connectivity index (χ4n) is 3.12. The molecule has 0 fully saturated rings. The van der Waals surface area contributed by atoms with Gasteiger partial charge >= 0.3 is 5.97 Å². The molecular weight excluding hydrogens is 440 g/mol. The first kappa shape index (κ1) is 22.5. The van der Waals surface area contributed by atoms with E-state index in [2.05, 4.69) is 5.32 Å². The van der Waals surface area contributed by atoms with Crippen molar-refractivity contribution < 1.29 is 14.3 Å². The van der Waals surface area contributed by atoms with Gasteiger partial charge in [0, 0.05) is 24.9 Å². The number of carbonyl (C=O) groups excluding carboxylic acids is 2. The Bertz CT molecular complexity index is 829. The Morgan fingerprint density at radius 3 is 2.50 bits per heavy atom. The fraction of sp³-hybridized carbons (Fsp3) is 0.333. The van der Waals surface area contributed by atoms with Crippen molar-refractivity contribution in [2.45, 2.75) is 30.1 Å². The van der Waals surface area contributed by atoms with Crippen molar-refractivity contribution >= 4 is 46.3 Å². The van der Waals surface area contributed by atoms with E-state index in [4.69, 9.17) is 4.74 Å². The molecule has 28 heavy (non-hydrogen) atoms. The van der Waals surface area contributed by atoms with Gasteiger partial charge in [-0.3, -0.25) is 9.59 Å². The third-order valence-electron chi connectivity index (χ3n) is 4.48. The number of rotatable bonds is 5. The minimum absolute atomic E-state index is 0. The number of amides is 1. The van der Waals surface area contributed by atoms with Crippen LogP contribution in [-0.4, -0.2) is 38.1 Å². The Kier molecular flexibility index (Phi) is 8.10. The first-order valence-electron chi connectivity index (χ1n) is 8.96. The molecule has 0 aromatic heterocycles. The number of halogens is 1. The second-order valence-electron chi connectivity index (χ2n) is 6.54. The summed E-state index contributed by atoms with van der Waals surface area (Å²) in [6.07, 6.45) is -0.875. The molecule has 1 N–H and O–H groups in total. The summed E-state index contributed by atoms with van der Waals surface area (Å²) >= 11 is 1.57. The number of likely N-dealkylation sites (N-methyl/N-ethyl adjacent to an activating group) is 1. The molecule has 1 amide bonds. The standard InChI is InChI=1S/C21H24N2O3S.BrH/c1-14-8-10-16(11-9-14)20-19(26-15(2)24)21(25)23(13-12-22-3)17-6-4-5-7-18(17)27-20;/h4-11,19-20,22H,12-13H2,1-3H3;1H. The predicted octanol–water partition coefficient (Wildman–Crippen LogP) is 3.90. The Morgan fingerprint density at radius 1 is 1.18 bits per heavy atom. The molecule has 5 nitrogen and oxygen atoms in total. The van der Waals surface area contributed by atoms with Gasteiger partial charge in [-0.15, -0.1) is 28.7 Å². The topological polar surface area (TPSA) is 58.6 Å². The smallest absolute Gasteiger partial charge is 0.303 e. The second kappa shape index (κ2) is 10.1. The van der Waals surface area contributed by atoms with Crippen molar-refractivity contribution in [1.29, 1.82) is 0 Å². The number of thioether (sulfide) groups is 1. The van der Waals surface area contributed by atoms with Crippen LogP contribution in [0.1, 0.15) is 23.3 Å². The van der Waals surface area contributed by atoms with E-state index in [0.717, 1.165) is 21.7 Å². The summed E-state index contributed by atoms with van der Waals surface area (Å²) in [5.41, 5.74) is 2.97. The molecule has 2 aromatic carbocycles. The molecule has 1 aliphatic rings. The van der Waals surface area contributed by atoms with Crippen molar-refractivity contribution in [3.8, 4) is 0 Å². The van der Waals surface area contributed by atoms with Crippen LogP contribution in [0.3, 0.4) is 0 Å². The number of hydrogen-bond donors (Lipinski definition) is 1. The molecule has 0 saturated heterocycles. The van der Waals surface area contributed by atoms with Crippen LogP contribution in [0.4, 0.5) is 5.69 Å². The van der Waals surface area contributed by atoms with Crippen molar-refractivity contribution in [2.24, 2.45) is 0 Å². The third-order valence-corrected chi connectivity index (χ3v) is 5.85. The van der Waals surface area contributed by atoms with Crippen LogP contribution in [-0.2, 0) is 14.3 Å². The lowest BCUT2D eigenvalue weighted by molar-refractivity contribution is -0.152. The number of nitrogens with one attached hydrogen (secondary N) is 1. The Labute approximate surface area is 180 Å². The van der Waals surface area contributed by atoms with Gasteiger partial charge in [0.05, 0.1) is 10.9 Å². The first-order chi connectivity index (χ1) is 13.0. The largest absolute Gasteiger partial charge is 0.451 e. The minimum atomic E-state index is -0.875. The number of fused-ring (bicyclic) bond motifs is 1. The van der Waals surface area contributed by atoms with Crippen LogP contribution in [0.5, 0.6) is 0 Å². The summed E-state index contributed by atoms with van der Waals surface area (Å²) in [6, 6.07) is 15.9. The molecule has 0 saturated carbocycles. The zero-order valence-electron chi connectivity index (χ0n) is 16.2. The van der Waals surface area contributed by atoms with E-state index < -0.39 is 12.1 Å². The summed E-state index contributed by atoms with van der Waals surface area (Å²) < 4.78 is 5.55. The van der Waals surface area contributed by atoms with Crippen molar-refractivity contribution in [3.05, 3.63) is 59.7 Å². The summed E-state index contributed by atoms with van der Waals surface area (Å²) in [4.78, 5) is 27.9. The van der Waals surface area contributed by atoms with Gasteiger partial charge in [0.15, 0.2) is 6.10 Å². The van der Waals surface area contributed by atoms with Crippen molar-refractivity contribution in [2.75, 3.05) is 25.0 Å². The number of aryl methyl sites for hydroxylation is 1. The Hall–Kier alpha value is -1.83. The van der Waals surface area contributed by atoms with Gasteiger partial charge in [0.1, 0.15) is 0 Å². The van der Waals surface area contributed by atoms with Gasteiger partial charge in [-0.25, -0.2) is 0 Å². The molecule has 0 aliphatic carbocycles. The number of anilines is 1. The zero-order valence-corrected chi connectivity index (χ0v) is 18.7. The molecule has 1 heterocycles. The summed E-state index contributed by atoms with van der Waals surface area (Å²) in [6.45, 7) is 4.52. The fourth-order valence-corrected chi connectivity index (χ4v) is 4.44. The molecule has 1 aliphatic heterocycles. The lowest BCUT2D eigenvalue weighted by Crippen LogP contribution is -2.45. The highest BCUT2D eigenvalue weighted by Gasteiger charge is 2.40. The number of esters is 1. The van der Waals surface area contributed by atoms with Crippen molar-refractivity contribution in [1.82, 2.24) is 5.32 Å². The van der Waals surface area contributed by atoms with Crippen LogP contribution >= 0.6 is 28.7 Å². The molecular formula is C21H25BrN2O3S. The highest BCUT2D eigenvalue weighted by Crippen LogP contribution is 2.46. The maximum Gasteiger partial charge on any atom is 0.303 e. The van der Waals surface area contributed by atoms with E-state index in [9.17, 15) is 9.59 Å². The number of hydrogen-bond acceptors (Lipinski definition) is 5. The number of benzene rings is 2. The van der Waals surface area contributed by atoms with E-state index in [1.54, 1.807) is 16.7 Å². The van der Waals surface area contributed by atoms with Crippen LogP contribution in [0.2, 0.25) is 0 Å². The number of para-hydroxylation sites is 1. The van der Waals surface area contributed by atoms with Crippen LogP contribution in [0.15, 0.2) is 53.4 Å². The van der Waals surface area contributed by atoms with E-state index >= 15 is 0 Å². The van der Waals surface area contributed by atoms with Crippen LogP contribution in [0.25, 0.3) is 0 Å². The maximum absolute atomic E-state index is 13.4. The van der Waals surface area contributed by atoms with Crippen LogP contribution in [0, 0.1) is 6.92 Å². The Morgan fingerprint density at radius 2 is 1.86 bits per heavy atom. The van der Waals surface area contributed by atoms with Gasteiger partial charge < -0.3 is 15.0 Å². The highest BCUT2D eigenvalue weighted by atomic mass is 79.9. The monoisotopic (exact) mass is 464 g/mol. The average molecular weight is 465 g/mol. The van der Waals surface area contributed by atoms with Gasteiger partial charge in [0.2, 0.25) is 0 Å². The number of carbonyl (C=O) groups is 2. The number of nitrogens with zero attached hydrogens (tertiary/aromatic N) is 1. The normalized spacial score (nSPS) is 18.7. The SMILES string of the molecule is Br.CNCCN1C(=O)C(OC(C)=O)C(c2ccc(C)cc2)Sc2ccccc21. The van der Waals surface area contributed by atoms with Gasteiger partial charge in [-0.05, 0) is 31.7 Å². The van der Waals surface area contributed by atoms with Gasteiger partial charge in [-0.1, -0.05) is 42.0 Å². The van der Waals surface area contributed by atoms with Crippen LogP contribution < -0.4 is 10.2 Å². The molecule has 7 heteroatoms.